The Morgan fingerprint density at radius 3 is 2.75 bits per heavy atom. The number of carbonyl (C=O) groups is 1. The van der Waals surface area contributed by atoms with E-state index in [-0.39, 0.29) is 5.91 Å². The summed E-state index contributed by atoms with van der Waals surface area (Å²) in [7, 11) is 0. The van der Waals surface area contributed by atoms with Crippen LogP contribution in [0.5, 0.6) is 0 Å². The Balaban J connectivity index is 1.65. The third-order valence-corrected chi connectivity index (χ3v) is 5.85. The fraction of sp³-hybridized carbons (Fsp3) is 0.0476. The van der Waals surface area contributed by atoms with E-state index in [4.69, 9.17) is 16.0 Å². The van der Waals surface area contributed by atoms with Crippen molar-refractivity contribution in [3.05, 3.63) is 78.8 Å². The van der Waals surface area contributed by atoms with E-state index in [0.29, 0.717) is 33.3 Å². The number of nitrogens with zero attached hydrogens (tertiary/aromatic N) is 1. The van der Waals surface area contributed by atoms with Gasteiger partial charge in [0.15, 0.2) is 5.58 Å². The standard InChI is InChI=1S/C21H13BrClIN2O2/c1-11-2-5-14(17(23)8-11)20(27)25-13-4-7-19-18(10-13)26-21(28-19)15-9-12(24)3-6-16(15)22/h2-10H,1H3,(H,25,27). The smallest absolute Gasteiger partial charge is 0.257 e. The highest BCUT2D eigenvalue weighted by Crippen LogP contribution is 2.32. The number of aromatic nitrogens is 1. The van der Waals surface area contributed by atoms with Crippen LogP contribution in [0.15, 0.2) is 63.5 Å². The molecule has 0 aliphatic heterocycles. The minimum Gasteiger partial charge on any atom is -0.436 e. The zero-order valence-electron chi connectivity index (χ0n) is 14.6. The van der Waals surface area contributed by atoms with E-state index in [1.54, 1.807) is 30.3 Å². The van der Waals surface area contributed by atoms with Crippen molar-refractivity contribution in [1.82, 2.24) is 4.98 Å². The van der Waals surface area contributed by atoms with Crippen LogP contribution in [-0.2, 0) is 0 Å². The zero-order chi connectivity index (χ0) is 19.8. The van der Waals surface area contributed by atoms with Crippen LogP contribution in [0.4, 0.5) is 5.69 Å². The first-order valence-electron chi connectivity index (χ1n) is 8.34. The molecule has 7 heteroatoms. The third-order valence-electron chi connectivity index (χ3n) is 4.17. The van der Waals surface area contributed by atoms with Crippen LogP contribution in [0.1, 0.15) is 15.9 Å². The minimum atomic E-state index is -0.270. The van der Waals surface area contributed by atoms with Crippen molar-refractivity contribution in [1.29, 1.82) is 0 Å². The highest BCUT2D eigenvalue weighted by molar-refractivity contribution is 14.1. The molecule has 4 rings (SSSR count). The van der Waals surface area contributed by atoms with Gasteiger partial charge in [-0.25, -0.2) is 4.98 Å². The molecule has 0 fully saturated rings. The second kappa shape index (κ2) is 7.85. The molecular weight excluding hydrogens is 555 g/mol. The van der Waals surface area contributed by atoms with Crippen molar-refractivity contribution in [3.8, 4) is 11.5 Å². The van der Waals surface area contributed by atoms with Crippen LogP contribution in [-0.4, -0.2) is 10.9 Å². The van der Waals surface area contributed by atoms with Gasteiger partial charge in [0.1, 0.15) is 5.52 Å². The highest BCUT2D eigenvalue weighted by Gasteiger charge is 2.14. The molecule has 0 saturated heterocycles. The Hall–Kier alpha value is -1.90. The van der Waals surface area contributed by atoms with Crippen LogP contribution in [0.3, 0.4) is 0 Å². The maximum Gasteiger partial charge on any atom is 0.257 e. The summed E-state index contributed by atoms with van der Waals surface area (Å²) in [5.41, 5.74) is 4.23. The van der Waals surface area contributed by atoms with Gasteiger partial charge in [-0.05, 0) is 99.5 Å². The van der Waals surface area contributed by atoms with E-state index in [0.717, 1.165) is 19.2 Å². The molecular formula is C21H13BrClIN2O2. The molecule has 0 radical (unpaired) electrons. The Morgan fingerprint density at radius 1 is 1.14 bits per heavy atom. The second-order valence-electron chi connectivity index (χ2n) is 6.26. The monoisotopic (exact) mass is 566 g/mol. The fourth-order valence-corrected chi connectivity index (χ4v) is 4.01. The lowest BCUT2D eigenvalue weighted by Gasteiger charge is -2.07. The van der Waals surface area contributed by atoms with Gasteiger partial charge in [-0.3, -0.25) is 4.79 Å². The second-order valence-corrected chi connectivity index (χ2v) is 8.77. The zero-order valence-corrected chi connectivity index (χ0v) is 19.1. The van der Waals surface area contributed by atoms with Crippen LogP contribution >= 0.6 is 50.1 Å². The van der Waals surface area contributed by atoms with Gasteiger partial charge in [-0.2, -0.15) is 0 Å². The summed E-state index contributed by atoms with van der Waals surface area (Å²) >= 11 is 12.0. The first-order valence-corrected chi connectivity index (χ1v) is 10.6. The maximum absolute atomic E-state index is 12.5. The van der Waals surface area contributed by atoms with E-state index < -0.39 is 0 Å². The molecule has 1 aromatic heterocycles. The summed E-state index contributed by atoms with van der Waals surface area (Å²) in [6.45, 7) is 1.93. The van der Waals surface area contributed by atoms with Crippen molar-refractivity contribution >= 4 is 72.8 Å². The first-order chi connectivity index (χ1) is 13.4. The Morgan fingerprint density at radius 2 is 1.96 bits per heavy atom. The Kier molecular flexibility index (Phi) is 5.44. The molecule has 0 bridgehead atoms. The molecule has 3 aromatic carbocycles. The molecule has 0 unspecified atom stereocenters. The average Bonchev–Trinajstić information content (AvgIpc) is 3.06. The summed E-state index contributed by atoms with van der Waals surface area (Å²) < 4.78 is 7.88. The van der Waals surface area contributed by atoms with E-state index >= 15 is 0 Å². The fourth-order valence-electron chi connectivity index (χ4n) is 2.78. The lowest BCUT2D eigenvalue weighted by atomic mass is 10.1. The lowest BCUT2D eigenvalue weighted by Crippen LogP contribution is -2.12. The number of nitrogens with one attached hydrogen (secondary N) is 1. The van der Waals surface area contributed by atoms with E-state index in [9.17, 15) is 4.79 Å². The van der Waals surface area contributed by atoms with Crippen molar-refractivity contribution in [2.45, 2.75) is 6.92 Å². The van der Waals surface area contributed by atoms with Gasteiger partial charge in [0.25, 0.3) is 5.91 Å². The van der Waals surface area contributed by atoms with Crippen LogP contribution < -0.4 is 5.32 Å². The summed E-state index contributed by atoms with van der Waals surface area (Å²) in [4.78, 5) is 17.1. The van der Waals surface area contributed by atoms with E-state index in [1.165, 1.54) is 0 Å². The molecule has 4 aromatic rings. The highest BCUT2D eigenvalue weighted by atomic mass is 127. The molecule has 0 saturated carbocycles. The molecule has 0 aliphatic carbocycles. The predicted octanol–water partition coefficient (Wildman–Crippen LogP) is 7.08. The first kappa shape index (κ1) is 19.4. The number of hydrogen-bond acceptors (Lipinski definition) is 3. The SMILES string of the molecule is Cc1ccc(C(=O)Nc2ccc3oc(-c4cc(I)ccc4Br)nc3c2)c(Cl)c1. The summed E-state index contributed by atoms with van der Waals surface area (Å²) in [5, 5.41) is 3.29. The normalized spacial score (nSPS) is 11.0. The van der Waals surface area contributed by atoms with Gasteiger partial charge in [0, 0.05) is 13.7 Å². The van der Waals surface area contributed by atoms with Gasteiger partial charge in [0.05, 0.1) is 16.1 Å². The molecule has 1 N–H and O–H groups in total. The number of carbonyl (C=O) groups excluding carboxylic acids is 1. The number of hydrogen-bond donors (Lipinski definition) is 1. The van der Waals surface area contributed by atoms with Gasteiger partial charge in [0.2, 0.25) is 5.89 Å². The minimum absolute atomic E-state index is 0.270. The topological polar surface area (TPSA) is 55.1 Å². The van der Waals surface area contributed by atoms with Crippen molar-refractivity contribution in [2.24, 2.45) is 0 Å². The maximum atomic E-state index is 12.5. The third kappa shape index (κ3) is 3.94. The molecule has 140 valence electrons. The Labute approximate surface area is 188 Å². The predicted molar refractivity (Wildman–Crippen MR) is 124 cm³/mol. The number of amides is 1. The molecule has 0 atom stereocenters. The van der Waals surface area contributed by atoms with E-state index in [2.05, 4.69) is 48.8 Å². The van der Waals surface area contributed by atoms with Crippen molar-refractivity contribution in [3.63, 3.8) is 0 Å². The van der Waals surface area contributed by atoms with Gasteiger partial charge in [-0.15, -0.1) is 0 Å². The summed E-state index contributed by atoms with van der Waals surface area (Å²) in [6, 6.07) is 16.6. The summed E-state index contributed by atoms with van der Waals surface area (Å²) in [5.74, 6) is 0.249. The van der Waals surface area contributed by atoms with Crippen molar-refractivity contribution < 1.29 is 9.21 Å². The molecule has 1 heterocycles. The number of rotatable bonds is 3. The van der Waals surface area contributed by atoms with Gasteiger partial charge in [-0.1, -0.05) is 17.7 Å². The number of oxazole rings is 1. The average molecular weight is 568 g/mol. The van der Waals surface area contributed by atoms with Gasteiger partial charge >= 0.3 is 0 Å². The molecule has 28 heavy (non-hydrogen) atoms. The number of halogens is 3. The molecule has 1 amide bonds. The largest absolute Gasteiger partial charge is 0.436 e. The molecule has 4 nitrogen and oxygen atoms in total. The molecule has 0 aliphatic rings. The Bertz CT molecular complexity index is 1220. The number of aryl methyl sites for hydroxylation is 1. The lowest BCUT2D eigenvalue weighted by molar-refractivity contribution is 0.102. The quantitative estimate of drug-likeness (QED) is 0.269. The van der Waals surface area contributed by atoms with Crippen LogP contribution in [0.25, 0.3) is 22.6 Å². The van der Waals surface area contributed by atoms with Crippen molar-refractivity contribution in [2.75, 3.05) is 5.32 Å². The van der Waals surface area contributed by atoms with Gasteiger partial charge < -0.3 is 9.73 Å². The number of anilines is 1. The number of fused-ring (bicyclic) bond motifs is 1. The van der Waals surface area contributed by atoms with Crippen LogP contribution in [0, 0.1) is 10.5 Å². The van der Waals surface area contributed by atoms with E-state index in [1.807, 2.05) is 31.2 Å². The summed E-state index contributed by atoms with van der Waals surface area (Å²) in [6.07, 6.45) is 0. The molecule has 0 spiro atoms. The number of benzene rings is 3. The van der Waals surface area contributed by atoms with Crippen LogP contribution in [0.2, 0.25) is 5.02 Å².